The van der Waals surface area contributed by atoms with Gasteiger partial charge in [0.05, 0.1) is 22.7 Å². The second-order valence-corrected chi connectivity index (χ2v) is 8.44. The van der Waals surface area contributed by atoms with Crippen molar-refractivity contribution in [1.29, 1.82) is 5.26 Å². The monoisotopic (exact) mass is 421 g/mol. The smallest absolute Gasteiger partial charge is 0.267 e. The molecule has 8 heteroatoms. The number of carbonyl (C=O) groups is 1. The summed E-state index contributed by atoms with van der Waals surface area (Å²) in [5, 5.41) is 13.1. The van der Waals surface area contributed by atoms with Gasteiger partial charge in [-0.15, -0.1) is 0 Å². The highest BCUT2D eigenvalue weighted by Gasteiger charge is 2.30. The van der Waals surface area contributed by atoms with Crippen molar-refractivity contribution < 1.29 is 4.79 Å². The molecule has 1 N–H and O–H groups in total. The molecule has 1 aromatic carbocycles. The summed E-state index contributed by atoms with van der Waals surface area (Å²) < 4.78 is 1.45. The quantitative estimate of drug-likeness (QED) is 0.484. The van der Waals surface area contributed by atoms with E-state index in [1.807, 2.05) is 32.9 Å². The molecule has 2 aromatic heterocycles. The summed E-state index contributed by atoms with van der Waals surface area (Å²) in [6, 6.07) is 12.9. The minimum absolute atomic E-state index is 0.0145. The number of nitrogens with zero attached hydrogens (tertiary/aromatic N) is 4. The van der Waals surface area contributed by atoms with Gasteiger partial charge in [0.2, 0.25) is 5.91 Å². The van der Waals surface area contributed by atoms with E-state index >= 15 is 0 Å². The molecule has 0 aliphatic carbocycles. The zero-order valence-electron chi connectivity index (χ0n) is 17.3. The number of pyridine rings is 1. The normalized spacial score (nSPS) is 13.1. The maximum Gasteiger partial charge on any atom is 0.267 e. The zero-order valence-corrected chi connectivity index (χ0v) is 18.2. The average Bonchev–Trinajstić information content (AvgIpc) is 2.73. The van der Waals surface area contributed by atoms with E-state index in [-0.39, 0.29) is 23.1 Å². The highest BCUT2D eigenvalue weighted by Crippen LogP contribution is 2.22. The minimum atomic E-state index is -0.967. The van der Waals surface area contributed by atoms with Crippen LogP contribution in [0.3, 0.4) is 0 Å². The van der Waals surface area contributed by atoms with Gasteiger partial charge < -0.3 is 5.32 Å². The molecule has 2 heterocycles. The second kappa shape index (κ2) is 8.67. The third-order valence-electron chi connectivity index (χ3n) is 5.06. The maximum atomic E-state index is 13.2. The molecule has 0 bridgehead atoms. The summed E-state index contributed by atoms with van der Waals surface area (Å²) in [7, 11) is 0. The molecule has 1 atom stereocenters. The lowest BCUT2D eigenvalue weighted by molar-refractivity contribution is -0.120. The summed E-state index contributed by atoms with van der Waals surface area (Å²) in [4.78, 5) is 34.8. The summed E-state index contributed by atoms with van der Waals surface area (Å²) in [6.07, 6.45) is 1.62. The molecule has 0 fully saturated rings. The standard InChI is InChI=1S/C22H23N5O2S/c1-14(2)22(4,13-23)26-18(28)12-30-21-25-17-10-6-5-9-16(17)20(29)27(21)19-15(3)8-7-11-24-19/h5-11,14H,12H2,1-4H3,(H,26,28)/t22-/m1/s1. The molecule has 7 nitrogen and oxygen atoms in total. The molecule has 0 saturated carbocycles. The Bertz CT molecular complexity index is 1200. The Morgan fingerprint density at radius 3 is 2.70 bits per heavy atom. The van der Waals surface area contributed by atoms with Crippen LogP contribution in [0.4, 0.5) is 0 Å². The number of nitriles is 1. The lowest BCUT2D eigenvalue weighted by Gasteiger charge is -2.27. The first-order valence-corrected chi connectivity index (χ1v) is 10.5. The van der Waals surface area contributed by atoms with E-state index in [1.165, 1.54) is 4.57 Å². The van der Waals surface area contributed by atoms with Crippen LogP contribution in [0.1, 0.15) is 26.3 Å². The van der Waals surface area contributed by atoms with Gasteiger partial charge in [-0.25, -0.2) is 14.5 Å². The third kappa shape index (κ3) is 4.21. The topological polar surface area (TPSA) is 101 Å². The lowest BCUT2D eigenvalue weighted by Crippen LogP contribution is -2.49. The predicted molar refractivity (Wildman–Crippen MR) is 118 cm³/mol. The largest absolute Gasteiger partial charge is 0.337 e. The number of thioether (sulfide) groups is 1. The van der Waals surface area contributed by atoms with E-state index in [0.29, 0.717) is 21.9 Å². The number of aromatic nitrogens is 3. The van der Waals surface area contributed by atoms with Crippen LogP contribution in [0.25, 0.3) is 16.7 Å². The fourth-order valence-electron chi connectivity index (χ4n) is 2.86. The van der Waals surface area contributed by atoms with E-state index < -0.39 is 5.54 Å². The number of amides is 1. The van der Waals surface area contributed by atoms with Crippen LogP contribution in [0.2, 0.25) is 0 Å². The average molecular weight is 422 g/mol. The SMILES string of the molecule is Cc1cccnc1-n1c(SCC(=O)N[C@](C)(C#N)C(C)C)nc2ccccc2c1=O. The van der Waals surface area contributed by atoms with Gasteiger partial charge in [-0.3, -0.25) is 9.59 Å². The summed E-state index contributed by atoms with van der Waals surface area (Å²) in [5.74, 6) is 0.141. The van der Waals surface area contributed by atoms with Crippen molar-refractivity contribution in [3.8, 4) is 11.9 Å². The molecular formula is C22H23N5O2S. The van der Waals surface area contributed by atoms with Crippen molar-refractivity contribution in [2.75, 3.05) is 5.75 Å². The van der Waals surface area contributed by atoms with Crippen LogP contribution in [-0.4, -0.2) is 31.7 Å². The molecule has 30 heavy (non-hydrogen) atoms. The lowest BCUT2D eigenvalue weighted by atomic mass is 9.90. The number of fused-ring (bicyclic) bond motifs is 1. The van der Waals surface area contributed by atoms with Gasteiger partial charge >= 0.3 is 0 Å². The highest BCUT2D eigenvalue weighted by atomic mass is 32.2. The Labute approximate surface area is 179 Å². The molecule has 0 unspecified atom stereocenters. The molecule has 0 radical (unpaired) electrons. The summed E-state index contributed by atoms with van der Waals surface area (Å²) in [6.45, 7) is 7.32. The van der Waals surface area contributed by atoms with Crippen LogP contribution in [0.15, 0.2) is 52.5 Å². The molecule has 0 aliphatic heterocycles. The third-order valence-corrected chi connectivity index (χ3v) is 6.00. The van der Waals surface area contributed by atoms with Gasteiger partial charge in [0, 0.05) is 6.20 Å². The molecular weight excluding hydrogens is 398 g/mol. The Kier molecular flexibility index (Phi) is 6.22. The van der Waals surface area contributed by atoms with Gasteiger partial charge in [-0.1, -0.05) is 43.8 Å². The maximum absolute atomic E-state index is 13.2. The van der Waals surface area contributed by atoms with Crippen LogP contribution in [0, 0.1) is 24.2 Å². The van der Waals surface area contributed by atoms with E-state index in [4.69, 9.17) is 0 Å². The number of benzene rings is 1. The minimum Gasteiger partial charge on any atom is -0.337 e. The molecule has 1 amide bonds. The number of rotatable bonds is 6. The van der Waals surface area contributed by atoms with E-state index in [9.17, 15) is 14.9 Å². The fourth-order valence-corrected chi connectivity index (χ4v) is 3.66. The number of hydrogen-bond acceptors (Lipinski definition) is 6. The first-order chi connectivity index (χ1) is 14.3. The first-order valence-electron chi connectivity index (χ1n) is 9.55. The van der Waals surface area contributed by atoms with Crippen LogP contribution >= 0.6 is 11.8 Å². The number of aryl methyl sites for hydroxylation is 1. The van der Waals surface area contributed by atoms with Crippen LogP contribution in [0.5, 0.6) is 0 Å². The molecule has 3 rings (SSSR count). The van der Waals surface area contributed by atoms with Crippen LogP contribution in [-0.2, 0) is 4.79 Å². The van der Waals surface area contributed by atoms with Gasteiger partial charge in [0.1, 0.15) is 11.4 Å². The Morgan fingerprint density at radius 2 is 2.03 bits per heavy atom. The molecule has 3 aromatic rings. The number of nitrogens with one attached hydrogen (secondary N) is 1. The predicted octanol–water partition coefficient (Wildman–Crippen LogP) is 3.24. The van der Waals surface area contributed by atoms with Crippen molar-refractivity contribution in [2.45, 2.75) is 38.4 Å². The molecule has 0 saturated heterocycles. The van der Waals surface area contributed by atoms with Gasteiger partial charge in [0.15, 0.2) is 5.16 Å². The van der Waals surface area contributed by atoms with E-state index in [2.05, 4.69) is 21.4 Å². The first kappa shape index (κ1) is 21.5. The Balaban J connectivity index is 2.00. The van der Waals surface area contributed by atoms with Crippen molar-refractivity contribution >= 4 is 28.6 Å². The summed E-state index contributed by atoms with van der Waals surface area (Å²) >= 11 is 1.14. The Morgan fingerprint density at radius 1 is 1.30 bits per heavy atom. The van der Waals surface area contributed by atoms with Crippen molar-refractivity contribution in [1.82, 2.24) is 19.9 Å². The molecule has 0 spiro atoms. The summed E-state index contributed by atoms with van der Waals surface area (Å²) in [5.41, 5.74) is 0.166. The van der Waals surface area contributed by atoms with Crippen molar-refractivity contribution in [3.05, 3.63) is 58.5 Å². The zero-order chi connectivity index (χ0) is 21.9. The van der Waals surface area contributed by atoms with Gasteiger partial charge in [-0.05, 0) is 43.5 Å². The van der Waals surface area contributed by atoms with E-state index in [1.54, 1.807) is 37.4 Å². The van der Waals surface area contributed by atoms with Gasteiger partial charge in [0.25, 0.3) is 5.56 Å². The van der Waals surface area contributed by atoms with Gasteiger partial charge in [-0.2, -0.15) is 5.26 Å². The second-order valence-electron chi connectivity index (χ2n) is 7.50. The fraction of sp³-hybridized carbons (Fsp3) is 0.318. The number of hydrogen-bond donors (Lipinski definition) is 1. The van der Waals surface area contributed by atoms with Crippen LogP contribution < -0.4 is 10.9 Å². The van der Waals surface area contributed by atoms with E-state index in [0.717, 1.165) is 17.3 Å². The molecule has 0 aliphatic rings. The number of para-hydroxylation sites is 1. The van der Waals surface area contributed by atoms with Crippen molar-refractivity contribution in [3.63, 3.8) is 0 Å². The Hall–Kier alpha value is -3.18. The van der Waals surface area contributed by atoms with Crippen molar-refractivity contribution in [2.24, 2.45) is 5.92 Å². The highest BCUT2D eigenvalue weighted by molar-refractivity contribution is 7.99. The number of carbonyl (C=O) groups excluding carboxylic acids is 1. The molecule has 154 valence electrons.